The highest BCUT2D eigenvalue weighted by atomic mass is 15.1. The fourth-order valence-corrected chi connectivity index (χ4v) is 2.23. The molecule has 0 saturated heterocycles. The topological polar surface area (TPSA) is 43.8 Å². The second-order valence-electron chi connectivity index (χ2n) is 4.30. The Bertz CT molecular complexity index is 376. The first kappa shape index (κ1) is 10.4. The van der Waals surface area contributed by atoms with Gasteiger partial charge >= 0.3 is 0 Å². The van der Waals surface area contributed by atoms with Gasteiger partial charge in [0.15, 0.2) is 0 Å². The highest BCUT2D eigenvalue weighted by Crippen LogP contribution is 2.22. The second-order valence-corrected chi connectivity index (χ2v) is 4.30. The minimum atomic E-state index is 0.562. The lowest BCUT2D eigenvalue weighted by atomic mass is 10.0. The van der Waals surface area contributed by atoms with E-state index in [-0.39, 0.29) is 0 Å². The van der Waals surface area contributed by atoms with Crippen molar-refractivity contribution in [2.75, 3.05) is 6.54 Å². The summed E-state index contributed by atoms with van der Waals surface area (Å²) in [6.45, 7) is 7.44. The Kier molecular flexibility index (Phi) is 2.91. The fraction of sp³-hybridized carbons (Fsp3) is 0.583. The molecule has 0 bridgehead atoms. The number of hydrogen-bond acceptors (Lipinski definition) is 2. The SMILES string of the molecule is C=C(CN)Cn1c(C)nc2c1CCCC2. The van der Waals surface area contributed by atoms with E-state index in [1.54, 1.807) is 0 Å². The first-order valence-corrected chi connectivity index (χ1v) is 5.64. The molecule has 3 nitrogen and oxygen atoms in total. The molecule has 1 aromatic heterocycles. The third-order valence-corrected chi connectivity index (χ3v) is 3.09. The summed E-state index contributed by atoms with van der Waals surface area (Å²) in [6, 6.07) is 0. The summed E-state index contributed by atoms with van der Waals surface area (Å²) in [5, 5.41) is 0. The number of fused-ring (bicyclic) bond motifs is 1. The van der Waals surface area contributed by atoms with E-state index in [4.69, 9.17) is 5.73 Å². The van der Waals surface area contributed by atoms with Gasteiger partial charge in [0.1, 0.15) is 5.82 Å². The highest BCUT2D eigenvalue weighted by Gasteiger charge is 2.17. The van der Waals surface area contributed by atoms with E-state index in [9.17, 15) is 0 Å². The molecule has 2 N–H and O–H groups in total. The summed E-state index contributed by atoms with van der Waals surface area (Å²) in [5.41, 5.74) is 9.36. The van der Waals surface area contributed by atoms with Gasteiger partial charge in [-0.25, -0.2) is 4.98 Å². The second kappa shape index (κ2) is 4.19. The Hall–Kier alpha value is -1.09. The van der Waals surface area contributed by atoms with Gasteiger partial charge in [-0.3, -0.25) is 0 Å². The largest absolute Gasteiger partial charge is 0.328 e. The molecule has 0 atom stereocenters. The Morgan fingerprint density at radius 2 is 2.20 bits per heavy atom. The predicted molar refractivity (Wildman–Crippen MR) is 61.8 cm³/mol. The molecule has 0 unspecified atom stereocenters. The van der Waals surface area contributed by atoms with Gasteiger partial charge in [0.2, 0.25) is 0 Å². The van der Waals surface area contributed by atoms with Crippen LogP contribution in [0.4, 0.5) is 0 Å². The van der Waals surface area contributed by atoms with Gasteiger partial charge in [0.05, 0.1) is 5.69 Å². The van der Waals surface area contributed by atoms with E-state index in [0.717, 1.165) is 30.8 Å². The number of rotatable bonds is 3. The van der Waals surface area contributed by atoms with Crippen LogP contribution in [0.1, 0.15) is 30.1 Å². The molecule has 15 heavy (non-hydrogen) atoms. The van der Waals surface area contributed by atoms with Crippen molar-refractivity contribution in [3.63, 3.8) is 0 Å². The van der Waals surface area contributed by atoms with Crippen molar-refractivity contribution in [1.82, 2.24) is 9.55 Å². The average Bonchev–Trinajstić information content (AvgIpc) is 2.55. The molecule has 0 fully saturated rings. The van der Waals surface area contributed by atoms with E-state index >= 15 is 0 Å². The van der Waals surface area contributed by atoms with Gasteiger partial charge in [-0.05, 0) is 38.2 Å². The molecular weight excluding hydrogens is 186 g/mol. The molecule has 1 aliphatic carbocycles. The van der Waals surface area contributed by atoms with Crippen LogP contribution in [0.3, 0.4) is 0 Å². The van der Waals surface area contributed by atoms with Crippen LogP contribution >= 0.6 is 0 Å². The lowest BCUT2D eigenvalue weighted by Gasteiger charge is -2.15. The third-order valence-electron chi connectivity index (χ3n) is 3.09. The zero-order valence-corrected chi connectivity index (χ0v) is 9.42. The molecular formula is C12H19N3. The number of nitrogens with two attached hydrogens (primary N) is 1. The molecule has 1 heterocycles. The van der Waals surface area contributed by atoms with Crippen LogP contribution in [0.15, 0.2) is 12.2 Å². The first-order valence-electron chi connectivity index (χ1n) is 5.64. The van der Waals surface area contributed by atoms with E-state index in [1.165, 1.54) is 24.2 Å². The highest BCUT2D eigenvalue weighted by molar-refractivity contribution is 5.21. The summed E-state index contributed by atoms with van der Waals surface area (Å²) in [5.74, 6) is 1.11. The molecule has 0 spiro atoms. The molecule has 0 saturated carbocycles. The van der Waals surface area contributed by atoms with Crippen LogP contribution in [0.25, 0.3) is 0 Å². The molecule has 1 aromatic rings. The maximum atomic E-state index is 5.58. The van der Waals surface area contributed by atoms with Crippen molar-refractivity contribution >= 4 is 0 Å². The average molecular weight is 205 g/mol. The third kappa shape index (κ3) is 1.97. The number of imidazole rings is 1. The smallest absolute Gasteiger partial charge is 0.106 e. The van der Waals surface area contributed by atoms with Gasteiger partial charge in [0.25, 0.3) is 0 Å². The van der Waals surface area contributed by atoms with Gasteiger partial charge in [-0.15, -0.1) is 0 Å². The standard InChI is InChI=1S/C12H19N3/c1-9(7-13)8-15-10(2)14-11-5-3-4-6-12(11)15/h1,3-8,13H2,2H3. The molecule has 1 aliphatic rings. The van der Waals surface area contributed by atoms with Crippen LogP contribution in [0.2, 0.25) is 0 Å². The summed E-state index contributed by atoms with van der Waals surface area (Å²) < 4.78 is 2.28. The van der Waals surface area contributed by atoms with Crippen LogP contribution in [-0.4, -0.2) is 16.1 Å². The van der Waals surface area contributed by atoms with Crippen molar-refractivity contribution in [2.24, 2.45) is 5.73 Å². The lowest BCUT2D eigenvalue weighted by molar-refractivity contribution is 0.620. The summed E-state index contributed by atoms with van der Waals surface area (Å²) in [6.07, 6.45) is 4.86. The molecule has 0 radical (unpaired) electrons. The monoisotopic (exact) mass is 205 g/mol. The zero-order chi connectivity index (χ0) is 10.8. The maximum absolute atomic E-state index is 5.58. The van der Waals surface area contributed by atoms with E-state index < -0.39 is 0 Å². The van der Waals surface area contributed by atoms with Crippen molar-refractivity contribution < 1.29 is 0 Å². The van der Waals surface area contributed by atoms with Crippen LogP contribution in [-0.2, 0) is 19.4 Å². The quantitative estimate of drug-likeness (QED) is 0.761. The number of aryl methyl sites for hydroxylation is 2. The first-order chi connectivity index (χ1) is 7.22. The van der Waals surface area contributed by atoms with Gasteiger partial charge in [0, 0.05) is 18.8 Å². The summed E-state index contributed by atoms with van der Waals surface area (Å²) in [4.78, 5) is 4.62. The Morgan fingerprint density at radius 3 is 2.93 bits per heavy atom. The van der Waals surface area contributed by atoms with E-state index in [1.807, 2.05) is 0 Å². The molecule has 0 aromatic carbocycles. The van der Waals surface area contributed by atoms with Gasteiger partial charge in [-0.2, -0.15) is 0 Å². The fourth-order valence-electron chi connectivity index (χ4n) is 2.23. The van der Waals surface area contributed by atoms with E-state index in [2.05, 4.69) is 23.1 Å². The summed E-state index contributed by atoms with van der Waals surface area (Å²) in [7, 11) is 0. The van der Waals surface area contributed by atoms with Gasteiger partial charge < -0.3 is 10.3 Å². The zero-order valence-electron chi connectivity index (χ0n) is 9.42. The number of hydrogen-bond donors (Lipinski definition) is 1. The number of nitrogens with zero attached hydrogens (tertiary/aromatic N) is 2. The van der Waals surface area contributed by atoms with Crippen molar-refractivity contribution in [3.8, 4) is 0 Å². The van der Waals surface area contributed by atoms with Crippen molar-refractivity contribution in [2.45, 2.75) is 39.2 Å². The summed E-state index contributed by atoms with van der Waals surface area (Å²) >= 11 is 0. The van der Waals surface area contributed by atoms with Crippen molar-refractivity contribution in [1.29, 1.82) is 0 Å². The maximum Gasteiger partial charge on any atom is 0.106 e. The Morgan fingerprint density at radius 1 is 1.47 bits per heavy atom. The molecule has 2 rings (SSSR count). The minimum absolute atomic E-state index is 0.562. The van der Waals surface area contributed by atoms with Crippen molar-refractivity contribution in [3.05, 3.63) is 29.4 Å². The molecule has 0 amide bonds. The molecule has 3 heteroatoms. The normalized spacial score (nSPS) is 15.1. The molecule has 0 aliphatic heterocycles. The predicted octanol–water partition coefficient (Wildman–Crippen LogP) is 1.59. The van der Waals surface area contributed by atoms with Crippen LogP contribution in [0.5, 0.6) is 0 Å². The Labute approximate surface area is 91.0 Å². The van der Waals surface area contributed by atoms with E-state index in [0.29, 0.717) is 6.54 Å². The van der Waals surface area contributed by atoms with Gasteiger partial charge in [-0.1, -0.05) is 6.58 Å². The number of aromatic nitrogens is 2. The lowest BCUT2D eigenvalue weighted by Crippen LogP contribution is -2.14. The Balaban J connectivity index is 2.29. The minimum Gasteiger partial charge on any atom is -0.328 e. The van der Waals surface area contributed by atoms with Crippen LogP contribution < -0.4 is 5.73 Å². The molecule has 82 valence electrons. The van der Waals surface area contributed by atoms with Crippen LogP contribution in [0, 0.1) is 6.92 Å².